The van der Waals surface area contributed by atoms with Crippen LogP contribution in [0.15, 0.2) is 24.3 Å². The van der Waals surface area contributed by atoms with Gasteiger partial charge in [0.25, 0.3) is 0 Å². The molecule has 1 aliphatic heterocycles. The molecule has 0 atom stereocenters. The molecule has 4 nitrogen and oxygen atoms in total. The van der Waals surface area contributed by atoms with Gasteiger partial charge in [-0.05, 0) is 43.7 Å². The second-order valence-corrected chi connectivity index (χ2v) is 7.82. The average molecular weight is 357 g/mol. The fourth-order valence-electron chi connectivity index (χ4n) is 4.29. The molecule has 0 bridgehead atoms. The number of aryl methyl sites for hydroxylation is 2. The molecule has 1 heterocycles. The summed E-state index contributed by atoms with van der Waals surface area (Å²) in [6.07, 6.45) is 8.00. The highest BCUT2D eigenvalue weighted by molar-refractivity contribution is 5.79. The van der Waals surface area contributed by atoms with Crippen LogP contribution in [0.1, 0.15) is 56.1 Å². The summed E-state index contributed by atoms with van der Waals surface area (Å²) in [7, 11) is 0. The highest BCUT2D eigenvalue weighted by Gasteiger charge is 2.28. The monoisotopic (exact) mass is 356 g/mol. The van der Waals surface area contributed by atoms with Gasteiger partial charge in [0.1, 0.15) is 0 Å². The summed E-state index contributed by atoms with van der Waals surface area (Å²) in [5.74, 6) is 0.784. The van der Waals surface area contributed by atoms with Crippen molar-refractivity contribution in [3.05, 3.63) is 35.4 Å². The van der Waals surface area contributed by atoms with Gasteiger partial charge in [0, 0.05) is 38.5 Å². The number of benzene rings is 1. The Bertz CT molecular complexity index is 622. The van der Waals surface area contributed by atoms with E-state index in [2.05, 4.69) is 19.1 Å². The lowest BCUT2D eigenvalue weighted by Crippen LogP contribution is -2.40. The lowest BCUT2D eigenvalue weighted by Gasteiger charge is -2.28. The molecule has 1 aromatic rings. The fourth-order valence-corrected chi connectivity index (χ4v) is 4.29. The third-order valence-corrected chi connectivity index (χ3v) is 5.98. The Labute approximate surface area is 157 Å². The molecule has 1 saturated carbocycles. The third-order valence-electron chi connectivity index (χ3n) is 5.98. The van der Waals surface area contributed by atoms with Crippen LogP contribution in [-0.2, 0) is 16.0 Å². The van der Waals surface area contributed by atoms with Crippen molar-refractivity contribution < 1.29 is 9.59 Å². The van der Waals surface area contributed by atoms with Crippen LogP contribution in [0.4, 0.5) is 0 Å². The van der Waals surface area contributed by atoms with Gasteiger partial charge in [-0.15, -0.1) is 0 Å². The maximum atomic E-state index is 12.8. The molecule has 3 rings (SSSR count). The van der Waals surface area contributed by atoms with Gasteiger partial charge in [-0.25, -0.2) is 0 Å². The van der Waals surface area contributed by atoms with Crippen LogP contribution in [0, 0.1) is 12.8 Å². The van der Waals surface area contributed by atoms with Gasteiger partial charge in [-0.3, -0.25) is 9.59 Å². The molecule has 1 aliphatic carbocycles. The van der Waals surface area contributed by atoms with Gasteiger partial charge in [0.2, 0.25) is 11.8 Å². The summed E-state index contributed by atoms with van der Waals surface area (Å²) < 4.78 is 0. The smallest absolute Gasteiger partial charge is 0.225 e. The number of hydrogen-bond donors (Lipinski definition) is 0. The first-order chi connectivity index (χ1) is 12.6. The summed E-state index contributed by atoms with van der Waals surface area (Å²) in [6, 6.07) is 8.27. The topological polar surface area (TPSA) is 40.6 Å². The van der Waals surface area contributed by atoms with E-state index in [9.17, 15) is 9.59 Å². The lowest BCUT2D eigenvalue weighted by atomic mass is 9.88. The molecular formula is C22H32N2O2. The minimum Gasteiger partial charge on any atom is -0.341 e. The third kappa shape index (κ3) is 4.87. The van der Waals surface area contributed by atoms with Crippen LogP contribution in [-0.4, -0.2) is 47.8 Å². The standard InChI is InChI=1S/C22H32N2O2/c1-18-8-5-6-9-19(18)12-13-21(25)23-14-7-15-24(17-16-23)22(26)20-10-3-2-4-11-20/h5-6,8-9,20H,2-4,7,10-17H2,1H3. The molecule has 0 spiro atoms. The zero-order valence-corrected chi connectivity index (χ0v) is 16.1. The van der Waals surface area contributed by atoms with Crippen LogP contribution < -0.4 is 0 Å². The highest BCUT2D eigenvalue weighted by Crippen LogP contribution is 2.26. The number of nitrogens with zero attached hydrogens (tertiary/aromatic N) is 2. The maximum Gasteiger partial charge on any atom is 0.225 e. The maximum absolute atomic E-state index is 12.8. The van der Waals surface area contributed by atoms with Crippen molar-refractivity contribution in [2.45, 2.75) is 58.3 Å². The molecular weight excluding hydrogens is 324 g/mol. The molecule has 26 heavy (non-hydrogen) atoms. The Hall–Kier alpha value is -1.84. The molecule has 0 unspecified atom stereocenters. The van der Waals surface area contributed by atoms with E-state index < -0.39 is 0 Å². The number of hydrogen-bond acceptors (Lipinski definition) is 2. The number of rotatable bonds is 4. The Morgan fingerprint density at radius 1 is 0.923 bits per heavy atom. The molecule has 1 saturated heterocycles. The summed E-state index contributed by atoms with van der Waals surface area (Å²) in [5.41, 5.74) is 2.50. The molecule has 0 aromatic heterocycles. The Morgan fingerprint density at radius 2 is 1.62 bits per heavy atom. The van der Waals surface area contributed by atoms with Gasteiger partial charge in [-0.2, -0.15) is 0 Å². The van der Waals surface area contributed by atoms with E-state index in [1.165, 1.54) is 30.4 Å². The molecule has 1 aromatic carbocycles. The SMILES string of the molecule is Cc1ccccc1CCC(=O)N1CCCN(C(=O)C2CCCCC2)CC1. The van der Waals surface area contributed by atoms with Crippen molar-refractivity contribution in [3.8, 4) is 0 Å². The summed E-state index contributed by atoms with van der Waals surface area (Å²) >= 11 is 0. The van der Waals surface area contributed by atoms with Gasteiger partial charge in [0.05, 0.1) is 0 Å². The van der Waals surface area contributed by atoms with E-state index >= 15 is 0 Å². The van der Waals surface area contributed by atoms with Gasteiger partial charge >= 0.3 is 0 Å². The zero-order valence-electron chi connectivity index (χ0n) is 16.1. The molecule has 2 fully saturated rings. The highest BCUT2D eigenvalue weighted by atomic mass is 16.2. The van der Waals surface area contributed by atoms with Crippen molar-refractivity contribution >= 4 is 11.8 Å². The number of carbonyl (C=O) groups excluding carboxylic acids is 2. The zero-order chi connectivity index (χ0) is 18.4. The van der Waals surface area contributed by atoms with Crippen molar-refractivity contribution in [1.29, 1.82) is 0 Å². The summed E-state index contributed by atoms with van der Waals surface area (Å²) in [6.45, 7) is 5.06. The van der Waals surface area contributed by atoms with Crippen molar-refractivity contribution in [1.82, 2.24) is 9.80 Å². The minimum absolute atomic E-state index is 0.222. The van der Waals surface area contributed by atoms with Crippen LogP contribution in [0.25, 0.3) is 0 Å². The van der Waals surface area contributed by atoms with Crippen molar-refractivity contribution in [2.75, 3.05) is 26.2 Å². The molecule has 4 heteroatoms. The van der Waals surface area contributed by atoms with Gasteiger partial charge in [0.15, 0.2) is 0 Å². The Kier molecular flexibility index (Phi) is 6.70. The summed E-state index contributed by atoms with van der Waals surface area (Å²) in [5, 5.41) is 0. The Morgan fingerprint density at radius 3 is 2.38 bits per heavy atom. The first-order valence-electron chi connectivity index (χ1n) is 10.3. The average Bonchev–Trinajstić information content (AvgIpc) is 2.93. The van der Waals surface area contributed by atoms with E-state index in [1.807, 2.05) is 21.9 Å². The lowest BCUT2D eigenvalue weighted by molar-refractivity contribution is -0.137. The molecule has 2 aliphatic rings. The normalized spacial score (nSPS) is 19.3. The Balaban J connectivity index is 1.49. The van der Waals surface area contributed by atoms with Crippen molar-refractivity contribution in [2.24, 2.45) is 5.92 Å². The largest absolute Gasteiger partial charge is 0.341 e. The second-order valence-electron chi connectivity index (χ2n) is 7.82. The van der Waals surface area contributed by atoms with Gasteiger partial charge in [-0.1, -0.05) is 43.5 Å². The van der Waals surface area contributed by atoms with Crippen molar-refractivity contribution in [3.63, 3.8) is 0 Å². The van der Waals surface area contributed by atoms with E-state index in [0.29, 0.717) is 25.4 Å². The van der Waals surface area contributed by atoms with Gasteiger partial charge < -0.3 is 9.80 Å². The second kappa shape index (κ2) is 9.20. The van der Waals surface area contributed by atoms with E-state index in [4.69, 9.17) is 0 Å². The molecule has 0 N–H and O–H groups in total. The predicted molar refractivity (Wildman–Crippen MR) is 104 cm³/mol. The number of carbonyl (C=O) groups is 2. The first kappa shape index (κ1) is 18.9. The predicted octanol–water partition coefficient (Wildman–Crippen LogP) is 3.57. The van der Waals surface area contributed by atoms with Crippen LogP contribution >= 0.6 is 0 Å². The summed E-state index contributed by atoms with van der Waals surface area (Å²) in [4.78, 5) is 29.4. The fraction of sp³-hybridized carbons (Fsp3) is 0.636. The van der Waals surface area contributed by atoms with Crippen LogP contribution in [0.5, 0.6) is 0 Å². The van der Waals surface area contributed by atoms with Crippen LogP contribution in [0.2, 0.25) is 0 Å². The molecule has 0 radical (unpaired) electrons. The first-order valence-corrected chi connectivity index (χ1v) is 10.3. The molecule has 2 amide bonds. The van der Waals surface area contributed by atoms with E-state index in [0.717, 1.165) is 38.8 Å². The minimum atomic E-state index is 0.222. The molecule has 142 valence electrons. The van der Waals surface area contributed by atoms with E-state index in [-0.39, 0.29) is 11.8 Å². The van der Waals surface area contributed by atoms with E-state index in [1.54, 1.807) is 0 Å². The van der Waals surface area contributed by atoms with Crippen LogP contribution in [0.3, 0.4) is 0 Å². The quantitative estimate of drug-likeness (QED) is 0.827. The number of amides is 2.